The predicted octanol–water partition coefficient (Wildman–Crippen LogP) is 3.18. The summed E-state index contributed by atoms with van der Waals surface area (Å²) in [7, 11) is 0. The van der Waals surface area contributed by atoms with Crippen LogP contribution in [-0.4, -0.2) is 0 Å². The van der Waals surface area contributed by atoms with E-state index in [9.17, 15) is 4.39 Å². The van der Waals surface area contributed by atoms with Crippen molar-refractivity contribution in [2.45, 2.75) is 33.6 Å². The van der Waals surface area contributed by atoms with Crippen molar-refractivity contribution in [1.82, 2.24) is 0 Å². The van der Waals surface area contributed by atoms with Crippen LogP contribution in [0.5, 0.6) is 0 Å². The summed E-state index contributed by atoms with van der Waals surface area (Å²) >= 11 is 0. The Morgan fingerprint density at radius 1 is 1.23 bits per heavy atom. The summed E-state index contributed by atoms with van der Waals surface area (Å²) in [6.07, 6.45) is 2.18. The van der Waals surface area contributed by atoms with Crippen LogP contribution in [0.4, 0.5) is 4.39 Å². The fraction of sp³-hybridized carbons (Fsp3) is 0.500. The van der Waals surface area contributed by atoms with Crippen molar-refractivity contribution in [3.05, 3.63) is 34.1 Å². The van der Waals surface area contributed by atoms with Crippen molar-refractivity contribution in [2.24, 2.45) is 5.92 Å². The second-order valence-corrected chi connectivity index (χ2v) is 4.27. The van der Waals surface area contributed by atoms with E-state index in [0.717, 1.165) is 24.0 Å². The summed E-state index contributed by atoms with van der Waals surface area (Å²) in [5.41, 5.74) is 4.66. The molecule has 0 N–H and O–H groups in total. The fourth-order valence-corrected chi connectivity index (χ4v) is 2.32. The molecule has 1 aromatic rings. The Morgan fingerprint density at radius 2 is 1.85 bits per heavy atom. The highest BCUT2D eigenvalue weighted by atomic mass is 19.1. The summed E-state index contributed by atoms with van der Waals surface area (Å²) in [6.45, 7) is 6.14. The zero-order valence-corrected chi connectivity index (χ0v) is 8.45. The van der Waals surface area contributed by atoms with Crippen LogP contribution >= 0.6 is 0 Å². The van der Waals surface area contributed by atoms with Crippen LogP contribution in [0.25, 0.3) is 0 Å². The van der Waals surface area contributed by atoms with Gasteiger partial charge in [0.25, 0.3) is 0 Å². The molecule has 0 nitrogen and oxygen atoms in total. The van der Waals surface area contributed by atoms with E-state index >= 15 is 0 Å². The molecule has 0 spiro atoms. The molecule has 1 heteroatoms. The number of fused-ring (bicyclic) bond motifs is 1. The standard InChI is InChI=1S/C12H15F/c1-7-4-10-8(2)6-12(13)9(3)11(10)5-7/h6-7H,4-5H2,1-3H3. The molecule has 1 aromatic carbocycles. The highest BCUT2D eigenvalue weighted by Crippen LogP contribution is 2.32. The summed E-state index contributed by atoms with van der Waals surface area (Å²) in [5.74, 6) is 0.652. The van der Waals surface area contributed by atoms with Crippen molar-refractivity contribution >= 4 is 0 Å². The predicted molar refractivity (Wildman–Crippen MR) is 52.4 cm³/mol. The molecule has 2 rings (SSSR count). The second kappa shape index (κ2) is 2.83. The molecule has 1 aliphatic rings. The van der Waals surface area contributed by atoms with Gasteiger partial charge in [-0.3, -0.25) is 0 Å². The van der Waals surface area contributed by atoms with E-state index in [1.807, 2.05) is 13.8 Å². The molecule has 0 saturated heterocycles. The van der Waals surface area contributed by atoms with Gasteiger partial charge in [0.15, 0.2) is 0 Å². The molecule has 1 aliphatic carbocycles. The average Bonchev–Trinajstić information content (AvgIpc) is 2.44. The van der Waals surface area contributed by atoms with Crippen molar-refractivity contribution in [3.63, 3.8) is 0 Å². The lowest BCUT2D eigenvalue weighted by Crippen LogP contribution is -1.95. The van der Waals surface area contributed by atoms with Crippen LogP contribution in [0.3, 0.4) is 0 Å². The van der Waals surface area contributed by atoms with Crippen LogP contribution in [0.2, 0.25) is 0 Å². The van der Waals surface area contributed by atoms with Gasteiger partial charge in [-0.15, -0.1) is 0 Å². The van der Waals surface area contributed by atoms with Crippen LogP contribution < -0.4 is 0 Å². The van der Waals surface area contributed by atoms with E-state index < -0.39 is 0 Å². The van der Waals surface area contributed by atoms with Gasteiger partial charge in [0.05, 0.1) is 0 Å². The smallest absolute Gasteiger partial charge is 0.126 e. The maximum absolute atomic E-state index is 13.4. The molecule has 1 atom stereocenters. The van der Waals surface area contributed by atoms with Gasteiger partial charge in [-0.05, 0) is 60.9 Å². The van der Waals surface area contributed by atoms with Crippen LogP contribution in [0.1, 0.15) is 29.2 Å². The number of hydrogen-bond donors (Lipinski definition) is 0. The number of hydrogen-bond acceptors (Lipinski definition) is 0. The van der Waals surface area contributed by atoms with Crippen LogP contribution in [0.15, 0.2) is 6.07 Å². The van der Waals surface area contributed by atoms with E-state index in [-0.39, 0.29) is 5.82 Å². The molecule has 0 amide bonds. The summed E-state index contributed by atoms with van der Waals surface area (Å²) in [4.78, 5) is 0. The maximum Gasteiger partial charge on any atom is 0.126 e. The van der Waals surface area contributed by atoms with Crippen molar-refractivity contribution in [1.29, 1.82) is 0 Å². The molecule has 0 aromatic heterocycles. The third-order valence-corrected chi connectivity index (χ3v) is 3.10. The number of benzene rings is 1. The van der Waals surface area contributed by atoms with Gasteiger partial charge in [-0.2, -0.15) is 0 Å². The molecule has 0 bridgehead atoms. The van der Waals surface area contributed by atoms with Crippen molar-refractivity contribution < 1.29 is 4.39 Å². The Balaban J connectivity index is 2.62. The first-order valence-corrected chi connectivity index (χ1v) is 4.87. The lowest BCUT2D eigenvalue weighted by atomic mass is 9.99. The van der Waals surface area contributed by atoms with Crippen molar-refractivity contribution in [3.8, 4) is 0 Å². The molecule has 0 heterocycles. The minimum atomic E-state index is -0.0367. The molecule has 0 fully saturated rings. The lowest BCUT2D eigenvalue weighted by molar-refractivity contribution is 0.609. The van der Waals surface area contributed by atoms with Crippen LogP contribution in [0, 0.1) is 25.6 Å². The van der Waals surface area contributed by atoms with Gasteiger partial charge in [0, 0.05) is 0 Å². The SMILES string of the molecule is Cc1cc(F)c(C)c2c1CC(C)C2. The maximum atomic E-state index is 13.4. The zero-order chi connectivity index (χ0) is 9.59. The highest BCUT2D eigenvalue weighted by molar-refractivity contribution is 5.44. The van der Waals surface area contributed by atoms with Gasteiger partial charge in [0.1, 0.15) is 5.82 Å². The quantitative estimate of drug-likeness (QED) is 0.572. The Hall–Kier alpha value is -0.850. The summed E-state index contributed by atoms with van der Waals surface area (Å²) in [6, 6.07) is 1.67. The van der Waals surface area contributed by atoms with E-state index in [2.05, 4.69) is 6.92 Å². The summed E-state index contributed by atoms with van der Waals surface area (Å²) in [5, 5.41) is 0. The lowest BCUT2D eigenvalue weighted by Gasteiger charge is -2.08. The average molecular weight is 178 g/mol. The number of aryl methyl sites for hydroxylation is 1. The van der Waals surface area contributed by atoms with Crippen LogP contribution in [-0.2, 0) is 12.8 Å². The molecular formula is C12H15F. The Labute approximate surface area is 78.8 Å². The molecule has 1 unspecified atom stereocenters. The first-order valence-electron chi connectivity index (χ1n) is 4.87. The van der Waals surface area contributed by atoms with Gasteiger partial charge < -0.3 is 0 Å². The summed E-state index contributed by atoms with van der Waals surface area (Å²) < 4.78 is 13.4. The first kappa shape index (κ1) is 8.74. The van der Waals surface area contributed by atoms with Gasteiger partial charge in [0.2, 0.25) is 0 Å². The number of rotatable bonds is 0. The first-order chi connectivity index (χ1) is 6.09. The molecule has 70 valence electrons. The molecule has 13 heavy (non-hydrogen) atoms. The molecule has 0 radical (unpaired) electrons. The van der Waals surface area contributed by atoms with E-state index in [1.165, 1.54) is 11.1 Å². The highest BCUT2D eigenvalue weighted by Gasteiger charge is 2.22. The third-order valence-electron chi connectivity index (χ3n) is 3.10. The molecule has 0 saturated carbocycles. The Bertz CT molecular complexity index is 353. The van der Waals surface area contributed by atoms with E-state index in [1.54, 1.807) is 6.07 Å². The van der Waals surface area contributed by atoms with Crippen molar-refractivity contribution in [2.75, 3.05) is 0 Å². The van der Waals surface area contributed by atoms with Gasteiger partial charge in [-0.1, -0.05) is 6.92 Å². The van der Waals surface area contributed by atoms with E-state index in [4.69, 9.17) is 0 Å². The second-order valence-electron chi connectivity index (χ2n) is 4.27. The normalized spacial score (nSPS) is 20.5. The number of halogens is 1. The largest absolute Gasteiger partial charge is 0.207 e. The Kier molecular flexibility index (Phi) is 1.90. The minimum absolute atomic E-state index is 0.0367. The third kappa shape index (κ3) is 1.27. The minimum Gasteiger partial charge on any atom is -0.207 e. The van der Waals surface area contributed by atoms with E-state index in [0.29, 0.717) is 5.92 Å². The molecular weight excluding hydrogens is 163 g/mol. The topological polar surface area (TPSA) is 0 Å². The van der Waals surface area contributed by atoms with Gasteiger partial charge >= 0.3 is 0 Å². The zero-order valence-electron chi connectivity index (χ0n) is 8.45. The Morgan fingerprint density at radius 3 is 2.54 bits per heavy atom. The van der Waals surface area contributed by atoms with Gasteiger partial charge in [-0.25, -0.2) is 4.39 Å². The fourth-order valence-electron chi connectivity index (χ4n) is 2.32. The monoisotopic (exact) mass is 178 g/mol. The molecule has 0 aliphatic heterocycles.